The summed E-state index contributed by atoms with van der Waals surface area (Å²) in [5.74, 6) is -4.75. The predicted octanol–water partition coefficient (Wildman–Crippen LogP) is 4.51. The molecular formula is C13H8ClF4N. The molecule has 0 atom stereocenters. The minimum atomic E-state index is -1.57. The van der Waals surface area contributed by atoms with Gasteiger partial charge in [-0.15, -0.1) is 0 Å². The molecule has 0 fully saturated rings. The van der Waals surface area contributed by atoms with Crippen molar-refractivity contribution in [2.75, 3.05) is 5.32 Å². The van der Waals surface area contributed by atoms with E-state index in [1.165, 1.54) is 12.1 Å². The van der Waals surface area contributed by atoms with E-state index in [2.05, 4.69) is 5.32 Å². The van der Waals surface area contributed by atoms with E-state index >= 15 is 0 Å². The molecule has 0 aromatic heterocycles. The van der Waals surface area contributed by atoms with Crippen LogP contribution in [0.25, 0.3) is 0 Å². The zero-order valence-corrected chi connectivity index (χ0v) is 10.2. The van der Waals surface area contributed by atoms with Crippen molar-refractivity contribution in [3.63, 3.8) is 0 Å². The van der Waals surface area contributed by atoms with Gasteiger partial charge in [0.05, 0.1) is 5.69 Å². The summed E-state index contributed by atoms with van der Waals surface area (Å²) >= 11 is 5.59. The van der Waals surface area contributed by atoms with Crippen molar-refractivity contribution in [3.8, 4) is 0 Å². The Hall–Kier alpha value is -1.75. The van der Waals surface area contributed by atoms with Gasteiger partial charge < -0.3 is 5.32 Å². The molecule has 0 radical (unpaired) electrons. The quantitative estimate of drug-likeness (QED) is 0.647. The van der Waals surface area contributed by atoms with E-state index < -0.39 is 23.3 Å². The summed E-state index contributed by atoms with van der Waals surface area (Å²) < 4.78 is 52.5. The Morgan fingerprint density at radius 3 is 2.32 bits per heavy atom. The van der Waals surface area contributed by atoms with Crippen molar-refractivity contribution in [1.29, 1.82) is 0 Å². The van der Waals surface area contributed by atoms with Gasteiger partial charge in [0, 0.05) is 17.1 Å². The smallest absolute Gasteiger partial charge is 0.196 e. The lowest BCUT2D eigenvalue weighted by Crippen LogP contribution is -2.05. The Morgan fingerprint density at radius 2 is 1.63 bits per heavy atom. The highest BCUT2D eigenvalue weighted by Gasteiger charge is 2.13. The summed E-state index contributed by atoms with van der Waals surface area (Å²) in [6, 6.07) is 5.84. The first-order valence-corrected chi connectivity index (χ1v) is 5.68. The summed E-state index contributed by atoms with van der Waals surface area (Å²) in [6.07, 6.45) is 0. The maximum atomic E-state index is 13.4. The zero-order chi connectivity index (χ0) is 14.0. The van der Waals surface area contributed by atoms with Crippen LogP contribution < -0.4 is 5.32 Å². The third-order valence-electron chi connectivity index (χ3n) is 2.52. The van der Waals surface area contributed by atoms with Crippen LogP contribution in [0.1, 0.15) is 5.56 Å². The van der Waals surface area contributed by atoms with Crippen molar-refractivity contribution >= 4 is 17.3 Å². The molecule has 100 valence electrons. The van der Waals surface area contributed by atoms with Gasteiger partial charge in [0.1, 0.15) is 5.82 Å². The van der Waals surface area contributed by atoms with Gasteiger partial charge >= 0.3 is 0 Å². The maximum Gasteiger partial charge on any atom is 0.196 e. The van der Waals surface area contributed by atoms with Crippen LogP contribution in [0.5, 0.6) is 0 Å². The molecule has 0 bridgehead atoms. The predicted molar refractivity (Wildman–Crippen MR) is 65.1 cm³/mol. The third-order valence-corrected chi connectivity index (χ3v) is 2.75. The Bertz CT molecular complexity index is 616. The number of hydrogen-bond acceptors (Lipinski definition) is 1. The average molecular weight is 290 g/mol. The molecule has 0 saturated carbocycles. The van der Waals surface area contributed by atoms with Crippen molar-refractivity contribution < 1.29 is 17.6 Å². The monoisotopic (exact) mass is 289 g/mol. The number of halogens is 5. The van der Waals surface area contributed by atoms with E-state index in [4.69, 9.17) is 11.6 Å². The van der Waals surface area contributed by atoms with Crippen LogP contribution in [0.2, 0.25) is 5.02 Å². The Labute approximate surface area is 111 Å². The molecule has 0 amide bonds. The van der Waals surface area contributed by atoms with Gasteiger partial charge in [-0.05, 0) is 24.3 Å². The van der Waals surface area contributed by atoms with Crippen LogP contribution in [0.3, 0.4) is 0 Å². The van der Waals surface area contributed by atoms with Crippen LogP contribution >= 0.6 is 11.6 Å². The highest BCUT2D eigenvalue weighted by atomic mass is 35.5. The maximum absolute atomic E-state index is 13.4. The molecular weight excluding hydrogens is 282 g/mol. The highest BCUT2D eigenvalue weighted by Crippen LogP contribution is 2.21. The molecule has 19 heavy (non-hydrogen) atoms. The molecule has 0 heterocycles. The second kappa shape index (κ2) is 5.48. The second-order valence-electron chi connectivity index (χ2n) is 3.81. The fourth-order valence-corrected chi connectivity index (χ4v) is 1.68. The molecule has 2 aromatic rings. The van der Waals surface area contributed by atoms with Crippen LogP contribution in [-0.2, 0) is 6.54 Å². The van der Waals surface area contributed by atoms with Crippen LogP contribution in [-0.4, -0.2) is 0 Å². The van der Waals surface area contributed by atoms with E-state index in [1.807, 2.05) is 0 Å². The van der Waals surface area contributed by atoms with Crippen molar-refractivity contribution in [2.45, 2.75) is 6.54 Å². The molecule has 2 rings (SSSR count). The highest BCUT2D eigenvalue weighted by molar-refractivity contribution is 6.30. The number of anilines is 1. The third kappa shape index (κ3) is 2.98. The van der Waals surface area contributed by atoms with Crippen LogP contribution in [0.4, 0.5) is 23.2 Å². The molecule has 0 unspecified atom stereocenters. The molecule has 6 heteroatoms. The lowest BCUT2D eigenvalue weighted by Gasteiger charge is -2.09. The standard InChI is InChI=1S/C13H8ClF4N/c14-8-2-1-7(10(16)5-8)6-19-11-4-3-9(15)12(17)13(11)18/h1-5,19H,6H2. The molecule has 1 N–H and O–H groups in total. The summed E-state index contributed by atoms with van der Waals surface area (Å²) in [4.78, 5) is 0. The Morgan fingerprint density at radius 1 is 0.895 bits per heavy atom. The molecule has 0 saturated heterocycles. The van der Waals surface area contributed by atoms with Gasteiger partial charge in [0.15, 0.2) is 17.5 Å². The van der Waals surface area contributed by atoms with Gasteiger partial charge in [-0.2, -0.15) is 0 Å². The molecule has 0 spiro atoms. The normalized spacial score (nSPS) is 10.6. The van der Waals surface area contributed by atoms with Gasteiger partial charge in [-0.1, -0.05) is 17.7 Å². The number of hydrogen-bond donors (Lipinski definition) is 1. The Kier molecular flexibility index (Phi) is 3.95. The largest absolute Gasteiger partial charge is 0.378 e. The van der Waals surface area contributed by atoms with E-state index in [9.17, 15) is 17.6 Å². The first-order chi connectivity index (χ1) is 8.99. The topological polar surface area (TPSA) is 12.0 Å². The first kappa shape index (κ1) is 13.7. The summed E-state index contributed by atoms with van der Waals surface area (Å²) in [5.41, 5.74) is -0.0122. The summed E-state index contributed by atoms with van der Waals surface area (Å²) in [7, 11) is 0. The Balaban J connectivity index is 2.17. The van der Waals surface area contributed by atoms with E-state index in [1.54, 1.807) is 0 Å². The lowest BCUT2D eigenvalue weighted by molar-refractivity contribution is 0.449. The fourth-order valence-electron chi connectivity index (χ4n) is 1.52. The fraction of sp³-hybridized carbons (Fsp3) is 0.0769. The molecule has 0 aliphatic rings. The van der Waals surface area contributed by atoms with Gasteiger partial charge in [0.2, 0.25) is 0 Å². The number of benzene rings is 2. The summed E-state index contributed by atoms with van der Waals surface area (Å²) in [5, 5.41) is 2.73. The van der Waals surface area contributed by atoms with E-state index in [0.29, 0.717) is 0 Å². The van der Waals surface area contributed by atoms with Crippen LogP contribution in [0.15, 0.2) is 30.3 Å². The minimum Gasteiger partial charge on any atom is -0.378 e. The van der Waals surface area contributed by atoms with Crippen LogP contribution in [0, 0.1) is 23.3 Å². The average Bonchev–Trinajstić information content (AvgIpc) is 2.37. The van der Waals surface area contributed by atoms with Crippen molar-refractivity contribution in [2.24, 2.45) is 0 Å². The molecule has 1 nitrogen and oxygen atoms in total. The van der Waals surface area contributed by atoms with Gasteiger partial charge in [0.25, 0.3) is 0 Å². The first-order valence-electron chi connectivity index (χ1n) is 5.30. The number of rotatable bonds is 3. The van der Waals surface area contributed by atoms with E-state index in [-0.39, 0.29) is 22.8 Å². The molecule has 0 aliphatic carbocycles. The van der Waals surface area contributed by atoms with E-state index in [0.717, 1.165) is 18.2 Å². The van der Waals surface area contributed by atoms with Gasteiger partial charge in [-0.3, -0.25) is 0 Å². The molecule has 0 aliphatic heterocycles. The summed E-state index contributed by atoms with van der Waals surface area (Å²) in [6.45, 7) is -0.0784. The lowest BCUT2D eigenvalue weighted by atomic mass is 10.2. The minimum absolute atomic E-state index is 0.0784. The van der Waals surface area contributed by atoms with Crippen molar-refractivity contribution in [3.05, 3.63) is 64.2 Å². The van der Waals surface area contributed by atoms with Gasteiger partial charge in [-0.25, -0.2) is 17.6 Å². The molecule has 2 aromatic carbocycles. The number of nitrogens with one attached hydrogen (secondary N) is 1. The zero-order valence-electron chi connectivity index (χ0n) is 9.48. The van der Waals surface area contributed by atoms with Crippen molar-refractivity contribution in [1.82, 2.24) is 0 Å². The SMILES string of the molecule is Fc1cc(Cl)ccc1CNc1ccc(F)c(F)c1F. The second-order valence-corrected chi connectivity index (χ2v) is 4.25.